The number of ether oxygens (including phenoxy) is 1. The number of fused-ring (bicyclic) bond motifs is 1. The molecule has 8 nitrogen and oxygen atoms in total. The minimum atomic E-state index is 0.00155. The van der Waals surface area contributed by atoms with Crippen LogP contribution in [-0.4, -0.2) is 51.2 Å². The second-order valence-electron chi connectivity index (χ2n) is 8.27. The van der Waals surface area contributed by atoms with Crippen LogP contribution in [0.15, 0.2) is 54.7 Å². The van der Waals surface area contributed by atoms with Gasteiger partial charge in [0.1, 0.15) is 5.75 Å². The van der Waals surface area contributed by atoms with Gasteiger partial charge in [0, 0.05) is 30.9 Å². The van der Waals surface area contributed by atoms with Crippen molar-refractivity contribution in [1.29, 1.82) is 0 Å². The molecule has 1 atom stereocenters. The molecule has 4 heterocycles. The molecule has 33 heavy (non-hydrogen) atoms. The number of hydrogen-bond acceptors (Lipinski definition) is 6. The Kier molecular flexibility index (Phi) is 5.64. The lowest BCUT2D eigenvalue weighted by Crippen LogP contribution is -2.29. The number of amides is 1. The van der Waals surface area contributed by atoms with Crippen LogP contribution in [0, 0.1) is 6.92 Å². The highest BCUT2D eigenvalue weighted by Gasteiger charge is 2.30. The Morgan fingerprint density at radius 2 is 2.12 bits per heavy atom. The quantitative estimate of drug-likeness (QED) is 0.470. The summed E-state index contributed by atoms with van der Waals surface area (Å²) in [6.45, 7) is 3.86. The lowest BCUT2D eigenvalue weighted by molar-refractivity contribution is 0.0787. The average Bonchev–Trinajstić information content (AvgIpc) is 3.50. The zero-order chi connectivity index (χ0) is 22.8. The van der Waals surface area contributed by atoms with Crippen LogP contribution < -0.4 is 10.1 Å². The number of methoxy groups -OCH3 is 1. The van der Waals surface area contributed by atoms with Crippen LogP contribution in [-0.2, 0) is 6.54 Å². The number of hydrogen-bond donors (Lipinski definition) is 2. The molecule has 1 fully saturated rings. The van der Waals surface area contributed by atoms with Gasteiger partial charge in [-0.3, -0.25) is 14.9 Å². The SMILES string of the molecule is COc1c(C)cccc1C(=O)N1CC[C@H](c2ccc3c(NCc4ccccn4)n[nH]c3n2)C1. The molecule has 1 aromatic carbocycles. The second-order valence-corrected chi connectivity index (χ2v) is 8.27. The molecule has 0 aliphatic carbocycles. The number of nitrogens with one attached hydrogen (secondary N) is 2. The highest BCUT2D eigenvalue weighted by molar-refractivity contribution is 5.97. The first-order valence-electron chi connectivity index (χ1n) is 11.1. The van der Waals surface area contributed by atoms with E-state index in [1.165, 1.54) is 0 Å². The van der Waals surface area contributed by atoms with E-state index in [9.17, 15) is 4.79 Å². The summed E-state index contributed by atoms with van der Waals surface area (Å²) in [6, 6.07) is 15.6. The van der Waals surface area contributed by atoms with Crippen LogP contribution in [0.3, 0.4) is 0 Å². The molecule has 1 aliphatic heterocycles. The monoisotopic (exact) mass is 442 g/mol. The van der Waals surface area contributed by atoms with Crippen molar-refractivity contribution in [3.8, 4) is 5.75 Å². The molecule has 0 bridgehead atoms. The molecule has 0 spiro atoms. The third-order valence-electron chi connectivity index (χ3n) is 6.15. The number of aromatic amines is 1. The van der Waals surface area contributed by atoms with Crippen molar-refractivity contribution in [2.75, 3.05) is 25.5 Å². The normalized spacial score (nSPS) is 15.7. The van der Waals surface area contributed by atoms with Gasteiger partial charge < -0.3 is 15.0 Å². The van der Waals surface area contributed by atoms with E-state index in [1.54, 1.807) is 13.3 Å². The molecule has 0 radical (unpaired) electrons. The summed E-state index contributed by atoms with van der Waals surface area (Å²) in [7, 11) is 1.61. The van der Waals surface area contributed by atoms with E-state index in [4.69, 9.17) is 9.72 Å². The number of pyridine rings is 2. The summed E-state index contributed by atoms with van der Waals surface area (Å²) in [5.74, 6) is 1.59. The number of aromatic nitrogens is 4. The van der Waals surface area contributed by atoms with Crippen LogP contribution in [0.25, 0.3) is 11.0 Å². The van der Waals surface area contributed by atoms with Crippen molar-refractivity contribution in [2.24, 2.45) is 0 Å². The van der Waals surface area contributed by atoms with E-state index in [2.05, 4.69) is 20.5 Å². The van der Waals surface area contributed by atoms with Crippen molar-refractivity contribution >= 4 is 22.8 Å². The molecule has 168 valence electrons. The van der Waals surface area contributed by atoms with Gasteiger partial charge in [-0.1, -0.05) is 18.2 Å². The topological polar surface area (TPSA) is 96.0 Å². The number of aryl methyl sites for hydroxylation is 1. The van der Waals surface area contributed by atoms with Crippen molar-refractivity contribution in [1.82, 2.24) is 25.1 Å². The molecule has 1 aliphatic rings. The Balaban J connectivity index is 1.29. The summed E-state index contributed by atoms with van der Waals surface area (Å²) < 4.78 is 5.49. The minimum absolute atomic E-state index is 0.00155. The number of carbonyl (C=O) groups is 1. The highest BCUT2D eigenvalue weighted by atomic mass is 16.5. The van der Waals surface area contributed by atoms with Gasteiger partial charge in [-0.25, -0.2) is 4.98 Å². The lowest BCUT2D eigenvalue weighted by atomic mass is 10.0. The largest absolute Gasteiger partial charge is 0.496 e. The van der Waals surface area contributed by atoms with E-state index >= 15 is 0 Å². The van der Waals surface area contributed by atoms with Crippen molar-refractivity contribution in [2.45, 2.75) is 25.8 Å². The van der Waals surface area contributed by atoms with Crippen LogP contribution in [0.4, 0.5) is 5.82 Å². The smallest absolute Gasteiger partial charge is 0.257 e. The first-order valence-corrected chi connectivity index (χ1v) is 11.1. The fourth-order valence-corrected chi connectivity index (χ4v) is 4.41. The standard InChI is InChI=1S/C25H26N6O2/c1-16-6-5-8-19(22(16)33-2)25(32)31-13-11-17(15-31)21-10-9-20-23(29-30-24(20)28-21)27-14-18-7-3-4-12-26-18/h3-10,12,17H,11,13-15H2,1-2H3,(H2,27,28,29,30)/t17-/m0/s1. The molecular formula is C25H26N6O2. The van der Waals surface area contributed by atoms with Gasteiger partial charge >= 0.3 is 0 Å². The highest BCUT2D eigenvalue weighted by Crippen LogP contribution is 2.31. The van der Waals surface area contributed by atoms with E-state index in [-0.39, 0.29) is 11.8 Å². The Morgan fingerprint density at radius 1 is 1.21 bits per heavy atom. The molecule has 8 heteroatoms. The number of carbonyl (C=O) groups excluding carboxylic acids is 1. The van der Waals surface area contributed by atoms with Crippen molar-refractivity contribution in [3.63, 3.8) is 0 Å². The molecule has 5 rings (SSSR count). The van der Waals surface area contributed by atoms with Crippen molar-refractivity contribution in [3.05, 3.63) is 77.2 Å². The van der Waals surface area contributed by atoms with Crippen LogP contribution in [0.5, 0.6) is 5.75 Å². The molecule has 2 N–H and O–H groups in total. The fraction of sp³-hybridized carbons (Fsp3) is 0.280. The predicted octanol–water partition coefficient (Wildman–Crippen LogP) is 3.91. The number of rotatable bonds is 6. The van der Waals surface area contributed by atoms with Gasteiger partial charge in [-0.2, -0.15) is 5.10 Å². The molecule has 4 aromatic rings. The summed E-state index contributed by atoms with van der Waals surface area (Å²) in [4.78, 5) is 24.2. The number of H-pyrrole nitrogens is 1. The number of likely N-dealkylation sites (tertiary alicyclic amines) is 1. The Morgan fingerprint density at radius 3 is 2.94 bits per heavy atom. The molecule has 1 amide bonds. The van der Waals surface area contributed by atoms with Gasteiger partial charge in [0.05, 0.1) is 30.3 Å². The zero-order valence-corrected chi connectivity index (χ0v) is 18.7. The van der Waals surface area contributed by atoms with E-state index in [1.807, 2.05) is 60.4 Å². The van der Waals surface area contributed by atoms with Crippen LogP contribution in [0.1, 0.15) is 39.6 Å². The van der Waals surface area contributed by atoms with Crippen LogP contribution >= 0.6 is 0 Å². The zero-order valence-electron chi connectivity index (χ0n) is 18.7. The number of nitrogens with zero attached hydrogens (tertiary/aromatic N) is 4. The number of anilines is 1. The second kappa shape index (κ2) is 8.90. The predicted molar refractivity (Wildman–Crippen MR) is 126 cm³/mol. The van der Waals surface area contributed by atoms with Crippen molar-refractivity contribution < 1.29 is 9.53 Å². The third-order valence-corrected chi connectivity index (χ3v) is 6.15. The summed E-state index contributed by atoms with van der Waals surface area (Å²) >= 11 is 0. The molecule has 1 saturated heterocycles. The van der Waals surface area contributed by atoms with E-state index in [0.29, 0.717) is 30.9 Å². The molecule has 0 saturated carbocycles. The maximum atomic E-state index is 13.2. The maximum absolute atomic E-state index is 13.2. The van der Waals surface area contributed by atoms with Gasteiger partial charge in [0.2, 0.25) is 0 Å². The van der Waals surface area contributed by atoms with Crippen LogP contribution in [0.2, 0.25) is 0 Å². The minimum Gasteiger partial charge on any atom is -0.496 e. The van der Waals surface area contributed by atoms with E-state index in [0.717, 1.165) is 40.2 Å². The molecule has 0 unspecified atom stereocenters. The average molecular weight is 443 g/mol. The van der Waals surface area contributed by atoms with Gasteiger partial charge in [-0.05, 0) is 49.2 Å². The first kappa shape index (κ1) is 20.9. The first-order chi connectivity index (χ1) is 16.1. The van der Waals surface area contributed by atoms with Gasteiger partial charge in [0.25, 0.3) is 5.91 Å². The maximum Gasteiger partial charge on any atom is 0.257 e. The number of benzene rings is 1. The Labute approximate surface area is 192 Å². The third kappa shape index (κ3) is 4.11. The number of para-hydroxylation sites is 1. The lowest BCUT2D eigenvalue weighted by Gasteiger charge is -2.19. The Hall–Kier alpha value is -3.94. The fourth-order valence-electron chi connectivity index (χ4n) is 4.41. The Bertz CT molecular complexity index is 1290. The molecular weight excluding hydrogens is 416 g/mol. The molecule has 3 aromatic heterocycles. The van der Waals surface area contributed by atoms with Gasteiger partial charge in [0.15, 0.2) is 11.5 Å². The summed E-state index contributed by atoms with van der Waals surface area (Å²) in [5.41, 5.74) is 4.21. The van der Waals surface area contributed by atoms with E-state index < -0.39 is 0 Å². The van der Waals surface area contributed by atoms with Gasteiger partial charge in [-0.15, -0.1) is 0 Å². The summed E-state index contributed by atoms with van der Waals surface area (Å²) in [5, 5.41) is 11.7. The summed E-state index contributed by atoms with van der Waals surface area (Å²) in [6.07, 6.45) is 2.65.